The Morgan fingerprint density at radius 1 is 1.24 bits per heavy atom. The Labute approximate surface area is 109 Å². The lowest BCUT2D eigenvalue weighted by Gasteiger charge is -2.07. The van der Waals surface area contributed by atoms with E-state index in [2.05, 4.69) is 15.3 Å². The van der Waals surface area contributed by atoms with Crippen molar-refractivity contribution in [2.75, 3.05) is 17.3 Å². The molecule has 0 aliphatic heterocycles. The number of benzene rings is 1. The highest BCUT2D eigenvalue weighted by atomic mass is 35.5. The Morgan fingerprint density at radius 2 is 1.94 bits per heavy atom. The van der Waals surface area contributed by atoms with Crippen LogP contribution >= 0.6 is 23.4 Å². The van der Waals surface area contributed by atoms with E-state index in [0.717, 1.165) is 5.69 Å². The SMILES string of the molecule is CSc1nc(N)cc(Nc2ccc(Cl)cc2)n1. The van der Waals surface area contributed by atoms with Gasteiger partial charge in [0.05, 0.1) is 0 Å². The zero-order valence-corrected chi connectivity index (χ0v) is 10.7. The first-order valence-corrected chi connectivity index (χ1v) is 6.49. The number of anilines is 3. The van der Waals surface area contributed by atoms with Crippen LogP contribution in [0.2, 0.25) is 5.02 Å². The second kappa shape index (κ2) is 5.25. The smallest absolute Gasteiger partial charge is 0.191 e. The quantitative estimate of drug-likeness (QED) is 0.660. The molecule has 1 heterocycles. The second-order valence-corrected chi connectivity index (χ2v) is 4.51. The highest BCUT2D eigenvalue weighted by Crippen LogP contribution is 2.20. The van der Waals surface area contributed by atoms with Crippen LogP contribution in [0.5, 0.6) is 0 Å². The highest BCUT2D eigenvalue weighted by Gasteiger charge is 2.02. The van der Waals surface area contributed by atoms with Gasteiger partial charge in [0, 0.05) is 16.8 Å². The Morgan fingerprint density at radius 3 is 2.59 bits per heavy atom. The van der Waals surface area contributed by atoms with Gasteiger partial charge in [-0.2, -0.15) is 0 Å². The molecule has 0 saturated heterocycles. The van der Waals surface area contributed by atoms with E-state index < -0.39 is 0 Å². The number of aromatic nitrogens is 2. The number of nitrogens with one attached hydrogen (secondary N) is 1. The normalized spacial score (nSPS) is 10.2. The summed E-state index contributed by atoms with van der Waals surface area (Å²) in [5.74, 6) is 1.12. The molecule has 0 saturated carbocycles. The van der Waals surface area contributed by atoms with Crippen molar-refractivity contribution in [1.82, 2.24) is 9.97 Å². The molecule has 0 aliphatic carbocycles. The molecule has 0 atom stereocenters. The maximum Gasteiger partial charge on any atom is 0.191 e. The van der Waals surface area contributed by atoms with E-state index in [4.69, 9.17) is 17.3 Å². The van der Waals surface area contributed by atoms with E-state index in [9.17, 15) is 0 Å². The van der Waals surface area contributed by atoms with Crippen LogP contribution in [0.1, 0.15) is 0 Å². The number of nitrogens with zero attached hydrogens (tertiary/aromatic N) is 2. The summed E-state index contributed by atoms with van der Waals surface area (Å²) in [6.07, 6.45) is 1.90. The zero-order valence-electron chi connectivity index (χ0n) is 9.14. The van der Waals surface area contributed by atoms with Crippen LogP contribution in [-0.4, -0.2) is 16.2 Å². The van der Waals surface area contributed by atoms with Crippen LogP contribution in [0.15, 0.2) is 35.5 Å². The van der Waals surface area contributed by atoms with Gasteiger partial charge in [-0.3, -0.25) is 0 Å². The number of nitrogen functional groups attached to an aromatic ring is 1. The maximum absolute atomic E-state index is 5.81. The predicted molar refractivity (Wildman–Crippen MR) is 73.0 cm³/mol. The summed E-state index contributed by atoms with van der Waals surface area (Å²) in [7, 11) is 0. The zero-order chi connectivity index (χ0) is 12.3. The summed E-state index contributed by atoms with van der Waals surface area (Å²) in [4.78, 5) is 8.37. The highest BCUT2D eigenvalue weighted by molar-refractivity contribution is 7.98. The van der Waals surface area contributed by atoms with Crippen LogP contribution in [0.4, 0.5) is 17.3 Å². The van der Waals surface area contributed by atoms with Gasteiger partial charge in [-0.05, 0) is 30.5 Å². The summed E-state index contributed by atoms with van der Waals surface area (Å²) in [5, 5.41) is 4.48. The first kappa shape index (κ1) is 12.0. The Bertz CT molecular complexity index is 515. The fraction of sp³-hybridized carbons (Fsp3) is 0.0909. The lowest BCUT2D eigenvalue weighted by molar-refractivity contribution is 0.984. The summed E-state index contributed by atoms with van der Waals surface area (Å²) >= 11 is 7.26. The molecule has 1 aromatic carbocycles. The van der Waals surface area contributed by atoms with E-state index in [1.54, 1.807) is 6.07 Å². The number of thioether (sulfide) groups is 1. The van der Waals surface area contributed by atoms with E-state index in [1.807, 2.05) is 30.5 Å². The standard InChI is InChI=1S/C11H11ClN4S/c1-17-11-15-9(13)6-10(16-11)14-8-4-2-7(12)3-5-8/h2-6H,1H3,(H3,13,14,15,16). The Balaban J connectivity index is 2.23. The van der Waals surface area contributed by atoms with E-state index in [0.29, 0.717) is 21.8 Å². The molecule has 1 aromatic heterocycles. The molecule has 0 aliphatic rings. The number of hydrogen-bond donors (Lipinski definition) is 2. The number of nitrogens with two attached hydrogens (primary N) is 1. The van der Waals surface area contributed by atoms with Gasteiger partial charge in [0.2, 0.25) is 0 Å². The van der Waals surface area contributed by atoms with E-state index in [1.165, 1.54) is 11.8 Å². The fourth-order valence-corrected chi connectivity index (χ4v) is 1.79. The van der Waals surface area contributed by atoms with Crippen molar-refractivity contribution < 1.29 is 0 Å². The molecule has 17 heavy (non-hydrogen) atoms. The van der Waals surface area contributed by atoms with Gasteiger partial charge in [0.15, 0.2) is 5.16 Å². The predicted octanol–water partition coefficient (Wildman–Crippen LogP) is 3.18. The maximum atomic E-state index is 5.81. The van der Waals surface area contributed by atoms with Crippen LogP contribution in [0, 0.1) is 0 Å². The van der Waals surface area contributed by atoms with Crippen molar-refractivity contribution in [1.29, 1.82) is 0 Å². The van der Waals surface area contributed by atoms with Crippen molar-refractivity contribution in [3.63, 3.8) is 0 Å². The van der Waals surface area contributed by atoms with Gasteiger partial charge >= 0.3 is 0 Å². The topological polar surface area (TPSA) is 63.8 Å². The molecule has 88 valence electrons. The van der Waals surface area contributed by atoms with Crippen molar-refractivity contribution in [3.05, 3.63) is 35.4 Å². The number of halogens is 1. The molecule has 4 nitrogen and oxygen atoms in total. The van der Waals surface area contributed by atoms with Crippen molar-refractivity contribution in [2.24, 2.45) is 0 Å². The minimum Gasteiger partial charge on any atom is -0.383 e. The molecular formula is C11H11ClN4S. The second-order valence-electron chi connectivity index (χ2n) is 3.30. The minimum atomic E-state index is 0.445. The van der Waals surface area contributed by atoms with Gasteiger partial charge in [0.1, 0.15) is 11.6 Å². The first-order valence-electron chi connectivity index (χ1n) is 4.88. The molecule has 2 rings (SSSR count). The molecule has 0 radical (unpaired) electrons. The van der Waals surface area contributed by atoms with Gasteiger partial charge in [-0.1, -0.05) is 23.4 Å². The lowest BCUT2D eigenvalue weighted by Crippen LogP contribution is -1.99. The van der Waals surface area contributed by atoms with Gasteiger partial charge in [0.25, 0.3) is 0 Å². The van der Waals surface area contributed by atoms with Gasteiger partial charge in [-0.25, -0.2) is 9.97 Å². The number of hydrogen-bond acceptors (Lipinski definition) is 5. The van der Waals surface area contributed by atoms with Crippen LogP contribution in [-0.2, 0) is 0 Å². The molecule has 0 fully saturated rings. The van der Waals surface area contributed by atoms with Crippen LogP contribution in [0.3, 0.4) is 0 Å². The van der Waals surface area contributed by atoms with Crippen molar-refractivity contribution in [3.8, 4) is 0 Å². The molecule has 3 N–H and O–H groups in total. The van der Waals surface area contributed by atoms with Crippen LogP contribution in [0.25, 0.3) is 0 Å². The Hall–Kier alpha value is -1.46. The molecule has 2 aromatic rings. The van der Waals surface area contributed by atoms with Crippen molar-refractivity contribution >= 4 is 40.7 Å². The van der Waals surface area contributed by atoms with E-state index >= 15 is 0 Å². The molecule has 0 spiro atoms. The average molecular weight is 267 g/mol. The lowest BCUT2D eigenvalue weighted by atomic mass is 10.3. The third kappa shape index (κ3) is 3.25. The van der Waals surface area contributed by atoms with E-state index in [-0.39, 0.29) is 0 Å². The molecule has 0 bridgehead atoms. The summed E-state index contributed by atoms with van der Waals surface area (Å²) in [6, 6.07) is 9.06. The Kier molecular flexibility index (Phi) is 3.71. The van der Waals surface area contributed by atoms with Gasteiger partial charge < -0.3 is 11.1 Å². The van der Waals surface area contributed by atoms with Crippen molar-refractivity contribution in [2.45, 2.75) is 5.16 Å². The largest absolute Gasteiger partial charge is 0.383 e. The average Bonchev–Trinajstić information content (AvgIpc) is 2.31. The summed E-state index contributed by atoms with van der Waals surface area (Å²) in [6.45, 7) is 0. The third-order valence-electron chi connectivity index (χ3n) is 2.02. The summed E-state index contributed by atoms with van der Waals surface area (Å²) < 4.78 is 0. The number of rotatable bonds is 3. The van der Waals surface area contributed by atoms with Crippen LogP contribution < -0.4 is 11.1 Å². The minimum absolute atomic E-state index is 0.445. The monoisotopic (exact) mass is 266 g/mol. The molecule has 6 heteroatoms. The van der Waals surface area contributed by atoms with Gasteiger partial charge in [-0.15, -0.1) is 0 Å². The molecule has 0 unspecified atom stereocenters. The third-order valence-corrected chi connectivity index (χ3v) is 2.82. The first-order chi connectivity index (χ1) is 8.17. The fourth-order valence-electron chi connectivity index (χ4n) is 1.28. The molecular weight excluding hydrogens is 256 g/mol. The summed E-state index contributed by atoms with van der Waals surface area (Å²) in [5.41, 5.74) is 6.59. The molecule has 0 amide bonds.